The largest absolute Gasteiger partial charge is 0.390 e. The summed E-state index contributed by atoms with van der Waals surface area (Å²) in [6.45, 7) is 7.67. The summed E-state index contributed by atoms with van der Waals surface area (Å²) in [5.41, 5.74) is -0.576. The molecule has 0 radical (unpaired) electrons. The molecule has 16 heavy (non-hydrogen) atoms. The van der Waals surface area contributed by atoms with Crippen LogP contribution in [-0.2, 0) is 4.79 Å². The molecule has 0 saturated carbocycles. The molecule has 1 unspecified atom stereocenters. The molecule has 1 fully saturated rings. The molecule has 0 spiro atoms. The van der Waals surface area contributed by atoms with Gasteiger partial charge in [0.15, 0.2) is 0 Å². The van der Waals surface area contributed by atoms with Crippen LogP contribution < -0.4 is 0 Å². The van der Waals surface area contributed by atoms with Gasteiger partial charge in [0.1, 0.15) is 0 Å². The number of aliphatic hydroxyl groups is 1. The number of carbonyl (C=O) groups excluding carboxylic acids is 1. The zero-order valence-corrected chi connectivity index (χ0v) is 10.8. The van der Waals surface area contributed by atoms with E-state index in [4.69, 9.17) is 0 Å². The summed E-state index contributed by atoms with van der Waals surface area (Å²) in [4.78, 5) is 13.8. The van der Waals surface area contributed by atoms with E-state index in [1.807, 2.05) is 11.8 Å². The summed E-state index contributed by atoms with van der Waals surface area (Å²) in [5.74, 6) is 0.838. The van der Waals surface area contributed by atoms with Crippen LogP contribution in [0.15, 0.2) is 0 Å². The highest BCUT2D eigenvalue weighted by Crippen LogP contribution is 2.22. The van der Waals surface area contributed by atoms with Gasteiger partial charge in [-0.05, 0) is 38.5 Å². The van der Waals surface area contributed by atoms with E-state index >= 15 is 0 Å². The van der Waals surface area contributed by atoms with E-state index in [1.165, 1.54) is 0 Å². The van der Waals surface area contributed by atoms with E-state index < -0.39 is 5.60 Å². The van der Waals surface area contributed by atoms with Crippen molar-refractivity contribution in [3.63, 3.8) is 0 Å². The lowest BCUT2D eigenvalue weighted by Crippen LogP contribution is -2.33. The summed E-state index contributed by atoms with van der Waals surface area (Å²) in [7, 11) is 0. The summed E-state index contributed by atoms with van der Waals surface area (Å²) < 4.78 is 0. The number of likely N-dealkylation sites (tertiary alicyclic amines) is 1. The number of hydrogen-bond donors (Lipinski definition) is 1. The lowest BCUT2D eigenvalue weighted by Gasteiger charge is -2.22. The van der Waals surface area contributed by atoms with Crippen molar-refractivity contribution in [2.24, 2.45) is 5.92 Å². The molecule has 3 heteroatoms. The van der Waals surface area contributed by atoms with E-state index in [9.17, 15) is 9.90 Å². The minimum Gasteiger partial charge on any atom is -0.390 e. The van der Waals surface area contributed by atoms with E-state index in [1.54, 1.807) is 0 Å². The molecule has 0 aromatic carbocycles. The monoisotopic (exact) mass is 227 g/mol. The Morgan fingerprint density at radius 1 is 1.38 bits per heavy atom. The Kier molecular flexibility index (Phi) is 4.78. The molecule has 1 saturated heterocycles. The zero-order valence-electron chi connectivity index (χ0n) is 10.8. The third-order valence-corrected chi connectivity index (χ3v) is 3.35. The average molecular weight is 227 g/mol. The van der Waals surface area contributed by atoms with Gasteiger partial charge in [-0.3, -0.25) is 4.79 Å². The normalized spacial score (nSPS) is 26.9. The Bertz CT molecular complexity index is 236. The smallest absolute Gasteiger partial charge is 0.222 e. The molecule has 1 rings (SSSR count). The molecule has 94 valence electrons. The van der Waals surface area contributed by atoms with Gasteiger partial charge < -0.3 is 10.0 Å². The van der Waals surface area contributed by atoms with Crippen LogP contribution in [0.2, 0.25) is 0 Å². The van der Waals surface area contributed by atoms with Crippen LogP contribution >= 0.6 is 0 Å². The fourth-order valence-corrected chi connectivity index (χ4v) is 2.08. The number of hydrogen-bond acceptors (Lipinski definition) is 2. The minimum atomic E-state index is -0.576. The summed E-state index contributed by atoms with van der Waals surface area (Å²) in [6, 6.07) is 0. The Labute approximate surface area is 98.8 Å². The topological polar surface area (TPSA) is 40.5 Å². The highest BCUT2D eigenvalue weighted by Gasteiger charge is 2.26. The second kappa shape index (κ2) is 5.67. The molecule has 1 aliphatic heterocycles. The Morgan fingerprint density at radius 2 is 2.06 bits per heavy atom. The van der Waals surface area contributed by atoms with Gasteiger partial charge in [-0.25, -0.2) is 0 Å². The van der Waals surface area contributed by atoms with Crippen molar-refractivity contribution in [1.82, 2.24) is 4.90 Å². The van der Waals surface area contributed by atoms with E-state index in [0.29, 0.717) is 25.3 Å². The molecule has 3 nitrogen and oxygen atoms in total. The summed E-state index contributed by atoms with van der Waals surface area (Å²) >= 11 is 0. The van der Waals surface area contributed by atoms with Gasteiger partial charge in [-0.15, -0.1) is 0 Å². The van der Waals surface area contributed by atoms with Crippen LogP contribution in [0.3, 0.4) is 0 Å². The molecule has 0 aromatic heterocycles. The van der Waals surface area contributed by atoms with Gasteiger partial charge in [-0.2, -0.15) is 0 Å². The highest BCUT2D eigenvalue weighted by atomic mass is 16.3. The first-order valence-corrected chi connectivity index (χ1v) is 6.41. The zero-order chi connectivity index (χ0) is 12.2. The van der Waals surface area contributed by atoms with Crippen molar-refractivity contribution >= 4 is 5.91 Å². The van der Waals surface area contributed by atoms with Gasteiger partial charge in [0.05, 0.1) is 5.60 Å². The van der Waals surface area contributed by atoms with Crippen molar-refractivity contribution in [2.75, 3.05) is 13.1 Å². The molecule has 1 amide bonds. The van der Waals surface area contributed by atoms with Gasteiger partial charge in [0.25, 0.3) is 0 Å². The van der Waals surface area contributed by atoms with Crippen molar-refractivity contribution in [2.45, 2.75) is 58.5 Å². The summed E-state index contributed by atoms with van der Waals surface area (Å²) in [6.07, 6.45) is 4.05. The fraction of sp³-hybridized carbons (Fsp3) is 0.923. The third kappa shape index (κ3) is 4.52. The van der Waals surface area contributed by atoms with Crippen LogP contribution in [0.1, 0.15) is 52.9 Å². The van der Waals surface area contributed by atoms with Crippen LogP contribution in [-0.4, -0.2) is 34.6 Å². The van der Waals surface area contributed by atoms with Crippen molar-refractivity contribution in [3.05, 3.63) is 0 Å². The van der Waals surface area contributed by atoms with E-state index in [0.717, 1.165) is 25.8 Å². The SMILES string of the molecule is CC(C)CCC(=O)N1CCCC(C)(O)CC1. The highest BCUT2D eigenvalue weighted by molar-refractivity contribution is 5.76. The quantitative estimate of drug-likeness (QED) is 0.803. The predicted octanol–water partition coefficient (Wildman–Crippen LogP) is 2.19. The molecule has 1 atom stereocenters. The molecule has 1 N–H and O–H groups in total. The van der Waals surface area contributed by atoms with Gasteiger partial charge >= 0.3 is 0 Å². The Balaban J connectivity index is 2.39. The van der Waals surface area contributed by atoms with Crippen molar-refractivity contribution < 1.29 is 9.90 Å². The van der Waals surface area contributed by atoms with Crippen LogP contribution in [0.5, 0.6) is 0 Å². The maximum absolute atomic E-state index is 11.9. The van der Waals surface area contributed by atoms with Crippen molar-refractivity contribution in [3.8, 4) is 0 Å². The van der Waals surface area contributed by atoms with Crippen LogP contribution in [0.25, 0.3) is 0 Å². The first kappa shape index (κ1) is 13.5. The number of rotatable bonds is 3. The average Bonchev–Trinajstić information content (AvgIpc) is 2.35. The van der Waals surface area contributed by atoms with Gasteiger partial charge in [0.2, 0.25) is 5.91 Å². The van der Waals surface area contributed by atoms with Gasteiger partial charge in [-0.1, -0.05) is 13.8 Å². The summed E-state index contributed by atoms with van der Waals surface area (Å²) in [5, 5.41) is 9.93. The van der Waals surface area contributed by atoms with Crippen LogP contribution in [0, 0.1) is 5.92 Å². The molecule has 1 heterocycles. The predicted molar refractivity (Wildman–Crippen MR) is 65.1 cm³/mol. The molecule has 0 aromatic rings. The second-order valence-electron chi connectivity index (χ2n) is 5.66. The Hall–Kier alpha value is -0.570. The standard InChI is InChI=1S/C13H25NO2/c1-11(2)5-6-12(15)14-9-4-7-13(3,16)8-10-14/h11,16H,4-10H2,1-3H3. The van der Waals surface area contributed by atoms with Crippen molar-refractivity contribution in [1.29, 1.82) is 0 Å². The molecule has 1 aliphatic rings. The lowest BCUT2D eigenvalue weighted by atomic mass is 9.98. The van der Waals surface area contributed by atoms with E-state index in [2.05, 4.69) is 13.8 Å². The maximum Gasteiger partial charge on any atom is 0.222 e. The molecular formula is C13H25NO2. The number of carbonyl (C=O) groups is 1. The third-order valence-electron chi connectivity index (χ3n) is 3.35. The second-order valence-corrected chi connectivity index (χ2v) is 5.66. The van der Waals surface area contributed by atoms with E-state index in [-0.39, 0.29) is 5.91 Å². The maximum atomic E-state index is 11.9. The molecule has 0 bridgehead atoms. The fourth-order valence-electron chi connectivity index (χ4n) is 2.08. The van der Waals surface area contributed by atoms with Gasteiger partial charge in [0, 0.05) is 19.5 Å². The molecule has 0 aliphatic carbocycles. The van der Waals surface area contributed by atoms with Crippen LogP contribution in [0.4, 0.5) is 0 Å². The lowest BCUT2D eigenvalue weighted by molar-refractivity contribution is -0.131. The first-order valence-electron chi connectivity index (χ1n) is 6.41. The Morgan fingerprint density at radius 3 is 2.69 bits per heavy atom. The minimum absolute atomic E-state index is 0.256. The number of nitrogens with zero attached hydrogens (tertiary/aromatic N) is 1. The first-order chi connectivity index (χ1) is 7.41. The number of amides is 1. The molecular weight excluding hydrogens is 202 g/mol.